The van der Waals surface area contributed by atoms with Gasteiger partial charge in [0.1, 0.15) is 53.1 Å². The van der Waals surface area contributed by atoms with Crippen LogP contribution >= 0.6 is 0 Å². The SMILES string of the molecule is N#CC(C#N)=CC(=O)ON(OC(=O)C=C(C#N)C#N)OC(=O)C=C(C#N)C#N. The summed E-state index contributed by atoms with van der Waals surface area (Å²) >= 11 is 0. The molecule has 0 aromatic carbocycles. The quantitative estimate of drug-likeness (QED) is 0.326. The van der Waals surface area contributed by atoms with Gasteiger partial charge in [0, 0.05) is 0 Å². The minimum atomic E-state index is -1.51. The van der Waals surface area contributed by atoms with E-state index >= 15 is 0 Å². The second kappa shape index (κ2) is 12.0. The molecule has 0 bridgehead atoms. The van der Waals surface area contributed by atoms with Gasteiger partial charge in [0.2, 0.25) is 5.39 Å². The lowest BCUT2D eigenvalue weighted by Gasteiger charge is -2.14. The second-order valence-electron chi connectivity index (χ2n) is 3.80. The lowest BCUT2D eigenvalue weighted by atomic mass is 10.3. The molecule has 0 N–H and O–H groups in total. The maximum atomic E-state index is 11.5. The summed E-state index contributed by atoms with van der Waals surface area (Å²) in [7, 11) is 0. The molecule has 134 valence electrons. The van der Waals surface area contributed by atoms with Gasteiger partial charge in [-0.3, -0.25) is 14.5 Å². The molecule has 0 heterocycles. The van der Waals surface area contributed by atoms with Gasteiger partial charge in [0.25, 0.3) is 0 Å². The molecule has 28 heavy (non-hydrogen) atoms. The van der Waals surface area contributed by atoms with Crippen LogP contribution in [0.3, 0.4) is 0 Å². The van der Waals surface area contributed by atoms with Gasteiger partial charge < -0.3 is 0 Å². The molecular formula is C15H3N7O6. The van der Waals surface area contributed by atoms with Crippen molar-refractivity contribution in [3.8, 4) is 36.4 Å². The first-order valence-corrected chi connectivity index (χ1v) is 6.35. The molecule has 0 aromatic rings. The molecule has 0 saturated heterocycles. The van der Waals surface area contributed by atoms with Gasteiger partial charge in [-0.2, -0.15) is 31.6 Å². The van der Waals surface area contributed by atoms with Crippen LogP contribution in [0.15, 0.2) is 34.9 Å². The third kappa shape index (κ3) is 8.40. The highest BCUT2D eigenvalue weighted by atomic mass is 17.2. The fourth-order valence-electron chi connectivity index (χ4n) is 0.978. The Morgan fingerprint density at radius 3 is 0.929 bits per heavy atom. The van der Waals surface area contributed by atoms with Crippen LogP contribution in [0.4, 0.5) is 0 Å². The summed E-state index contributed by atoms with van der Waals surface area (Å²) in [6.07, 6.45) is 1.06. The molecule has 0 aromatic heterocycles. The summed E-state index contributed by atoms with van der Waals surface area (Å²) in [5.41, 5.74) is -2.14. The summed E-state index contributed by atoms with van der Waals surface area (Å²) < 4.78 is 0. The molecule has 0 spiro atoms. The third-order valence-electron chi connectivity index (χ3n) is 2.00. The Morgan fingerprint density at radius 1 is 0.536 bits per heavy atom. The van der Waals surface area contributed by atoms with Gasteiger partial charge in [0.05, 0.1) is 18.2 Å². The highest BCUT2D eigenvalue weighted by molar-refractivity contribution is 5.86. The smallest absolute Gasteiger partial charge is 0.296 e. The Hall–Kier alpha value is -5.47. The van der Waals surface area contributed by atoms with Gasteiger partial charge in [-0.25, -0.2) is 14.4 Å². The van der Waals surface area contributed by atoms with Crippen molar-refractivity contribution in [2.24, 2.45) is 0 Å². The Morgan fingerprint density at radius 2 is 0.750 bits per heavy atom. The van der Waals surface area contributed by atoms with Crippen molar-refractivity contribution in [2.75, 3.05) is 0 Å². The Bertz CT molecular complexity index is 847. The van der Waals surface area contributed by atoms with Crippen molar-refractivity contribution in [3.63, 3.8) is 0 Å². The molecule has 0 radical (unpaired) electrons. The number of allylic oxidation sites excluding steroid dienone is 3. The predicted molar refractivity (Wildman–Crippen MR) is 78.0 cm³/mol. The fourth-order valence-corrected chi connectivity index (χ4v) is 0.978. The third-order valence-corrected chi connectivity index (χ3v) is 2.00. The zero-order chi connectivity index (χ0) is 21.5. The number of carbonyl (C=O) groups is 3. The molecule has 0 aliphatic heterocycles. The van der Waals surface area contributed by atoms with Gasteiger partial charge in [0.15, 0.2) is 0 Å². The zero-order valence-electron chi connectivity index (χ0n) is 13.3. The van der Waals surface area contributed by atoms with Crippen LogP contribution in [0.2, 0.25) is 0 Å². The maximum Gasteiger partial charge on any atom is 0.359 e. The monoisotopic (exact) mass is 377 g/mol. The van der Waals surface area contributed by atoms with Crippen LogP contribution in [0.25, 0.3) is 0 Å². The van der Waals surface area contributed by atoms with E-state index < -0.39 is 40.0 Å². The van der Waals surface area contributed by atoms with E-state index in [2.05, 4.69) is 14.5 Å². The lowest BCUT2D eigenvalue weighted by molar-refractivity contribution is -0.460. The minimum Gasteiger partial charge on any atom is -0.296 e. The molecule has 13 heteroatoms. The first-order chi connectivity index (χ1) is 13.3. The molecular weight excluding hydrogens is 374 g/mol. The molecule has 0 fully saturated rings. The Kier molecular flexibility index (Phi) is 9.63. The van der Waals surface area contributed by atoms with Crippen molar-refractivity contribution in [3.05, 3.63) is 34.9 Å². The molecule has 13 nitrogen and oxygen atoms in total. The molecule has 0 unspecified atom stereocenters. The normalized spacial score (nSPS) is 7.82. The first-order valence-electron chi connectivity index (χ1n) is 6.35. The van der Waals surface area contributed by atoms with Crippen LogP contribution in [0, 0.1) is 68.0 Å². The van der Waals surface area contributed by atoms with Gasteiger partial charge in [-0.1, -0.05) is 0 Å². The number of hydrogen-bond donors (Lipinski definition) is 0. The number of nitrogens with zero attached hydrogens (tertiary/aromatic N) is 7. The second-order valence-corrected chi connectivity index (χ2v) is 3.80. The van der Waals surface area contributed by atoms with Crippen molar-refractivity contribution < 1.29 is 28.9 Å². The van der Waals surface area contributed by atoms with Gasteiger partial charge >= 0.3 is 17.9 Å². The van der Waals surface area contributed by atoms with E-state index in [0.717, 1.165) is 0 Å². The van der Waals surface area contributed by atoms with E-state index in [1.54, 1.807) is 0 Å². The minimum absolute atomic E-state index is 0.353. The van der Waals surface area contributed by atoms with Gasteiger partial charge in [-0.15, -0.1) is 0 Å². The summed E-state index contributed by atoms with van der Waals surface area (Å²) in [6.45, 7) is 0. The molecule has 0 rings (SSSR count). The first kappa shape index (κ1) is 22.5. The largest absolute Gasteiger partial charge is 0.359 e. The Labute approximate surface area is 156 Å². The van der Waals surface area contributed by atoms with E-state index in [1.165, 1.54) is 36.4 Å². The van der Waals surface area contributed by atoms with Crippen molar-refractivity contribution >= 4 is 17.9 Å². The fraction of sp³-hybridized carbons (Fsp3) is 0. The zero-order valence-corrected chi connectivity index (χ0v) is 13.3. The number of rotatable bonds is 6. The van der Waals surface area contributed by atoms with E-state index in [-0.39, 0.29) is 0 Å². The molecule has 0 saturated carbocycles. The standard InChI is InChI=1S/C15H3N7O6/c16-4-10(5-17)1-13(23)26-22(27-14(24)2-11(6-18)7-19)28-15(25)3-12(8-20)9-21/h1-3H. The number of carbonyl (C=O) groups excluding carboxylic acids is 3. The average molecular weight is 377 g/mol. The van der Waals surface area contributed by atoms with Gasteiger partial charge in [-0.05, 0) is 0 Å². The molecule has 0 amide bonds. The summed E-state index contributed by atoms with van der Waals surface area (Å²) in [6, 6.07) is 7.93. The number of nitriles is 6. The highest BCUT2D eigenvalue weighted by Gasteiger charge is 2.21. The summed E-state index contributed by atoms with van der Waals surface area (Å²) in [5.74, 6) is -4.52. The van der Waals surface area contributed by atoms with E-state index in [4.69, 9.17) is 31.6 Å². The van der Waals surface area contributed by atoms with Crippen molar-refractivity contribution in [1.82, 2.24) is 5.39 Å². The highest BCUT2D eigenvalue weighted by Crippen LogP contribution is 2.03. The number of hydrogen-bond acceptors (Lipinski definition) is 13. The van der Waals surface area contributed by atoms with Crippen LogP contribution in [-0.4, -0.2) is 23.3 Å². The molecule has 0 aliphatic carbocycles. The Balaban J connectivity index is 5.57. The molecule has 0 aliphatic rings. The topological polar surface area (TPSA) is 225 Å². The van der Waals surface area contributed by atoms with Crippen LogP contribution < -0.4 is 0 Å². The summed E-state index contributed by atoms with van der Waals surface area (Å²) in [5, 5.41) is 50.7. The van der Waals surface area contributed by atoms with E-state index in [9.17, 15) is 14.4 Å². The maximum absolute atomic E-state index is 11.5. The summed E-state index contributed by atoms with van der Waals surface area (Å²) in [4.78, 5) is 47.4. The van der Waals surface area contributed by atoms with Crippen molar-refractivity contribution in [2.45, 2.75) is 0 Å². The lowest BCUT2D eigenvalue weighted by Crippen LogP contribution is -2.31. The van der Waals surface area contributed by atoms with Crippen LogP contribution in [0.5, 0.6) is 0 Å². The molecule has 0 atom stereocenters. The van der Waals surface area contributed by atoms with Crippen LogP contribution in [-0.2, 0) is 28.9 Å². The predicted octanol–water partition coefficient (Wildman–Crippen LogP) is -0.416. The van der Waals surface area contributed by atoms with E-state index in [1.807, 2.05) is 0 Å². The average Bonchev–Trinajstić information content (AvgIpc) is 2.67. The van der Waals surface area contributed by atoms with E-state index in [0.29, 0.717) is 18.2 Å². The van der Waals surface area contributed by atoms with Crippen LogP contribution in [0.1, 0.15) is 0 Å². The van der Waals surface area contributed by atoms with Crippen molar-refractivity contribution in [1.29, 1.82) is 31.6 Å².